The molecule has 2 rings (SSSR count). The molecule has 0 bridgehead atoms. The highest BCUT2D eigenvalue weighted by Crippen LogP contribution is 2.40. The van der Waals surface area contributed by atoms with Gasteiger partial charge in [0.05, 0.1) is 5.56 Å². The van der Waals surface area contributed by atoms with Gasteiger partial charge < -0.3 is 4.74 Å². The fourth-order valence-corrected chi connectivity index (χ4v) is 1.67. The van der Waals surface area contributed by atoms with Gasteiger partial charge in [0.25, 0.3) is 5.60 Å². The van der Waals surface area contributed by atoms with E-state index in [1.165, 1.54) is 24.3 Å². The Bertz CT molecular complexity index is 518. The van der Waals surface area contributed by atoms with Gasteiger partial charge in [0, 0.05) is 6.42 Å². The molecule has 88 valence electrons. The second-order valence-electron chi connectivity index (χ2n) is 3.66. The third-order valence-electron chi connectivity index (χ3n) is 2.58. The highest BCUT2D eigenvalue weighted by Gasteiger charge is 2.61. The summed E-state index contributed by atoms with van der Waals surface area (Å²) in [6.07, 6.45) is -5.58. The van der Waals surface area contributed by atoms with Crippen molar-refractivity contribution in [1.29, 1.82) is 5.26 Å². The van der Waals surface area contributed by atoms with Gasteiger partial charge in [-0.1, -0.05) is 18.2 Å². The quantitative estimate of drug-likeness (QED) is 0.654. The van der Waals surface area contributed by atoms with Crippen LogP contribution in [0.3, 0.4) is 0 Å². The largest absolute Gasteiger partial charge is 0.442 e. The molecule has 0 saturated heterocycles. The number of hydrogen-bond acceptors (Lipinski definition) is 3. The fraction of sp³-hybridized carbons (Fsp3) is 0.273. The molecule has 1 aliphatic rings. The van der Waals surface area contributed by atoms with Crippen molar-refractivity contribution in [3.05, 3.63) is 35.4 Å². The number of benzene rings is 1. The fourth-order valence-electron chi connectivity index (χ4n) is 1.67. The number of halogens is 3. The van der Waals surface area contributed by atoms with Gasteiger partial charge in [-0.15, -0.1) is 0 Å². The Morgan fingerprint density at radius 3 is 2.59 bits per heavy atom. The standard InChI is InChI=1S/C11H6F3NO2/c12-11(13,14)10(6-15)5-7-3-1-2-4-8(7)9(16)17-10/h1-4H,5H2. The minimum Gasteiger partial charge on any atom is -0.430 e. The van der Waals surface area contributed by atoms with Crippen LogP contribution in [0.5, 0.6) is 0 Å². The van der Waals surface area contributed by atoms with E-state index in [2.05, 4.69) is 4.74 Å². The lowest BCUT2D eigenvalue weighted by molar-refractivity contribution is -0.237. The summed E-state index contributed by atoms with van der Waals surface area (Å²) in [5.41, 5.74) is -2.83. The summed E-state index contributed by atoms with van der Waals surface area (Å²) in [6.45, 7) is 0. The second-order valence-corrected chi connectivity index (χ2v) is 3.66. The number of fused-ring (bicyclic) bond motifs is 1. The monoisotopic (exact) mass is 241 g/mol. The first-order chi connectivity index (χ1) is 7.89. The van der Waals surface area contributed by atoms with E-state index in [0.717, 1.165) is 6.07 Å². The lowest BCUT2D eigenvalue weighted by Gasteiger charge is -2.32. The molecule has 1 aromatic carbocycles. The predicted octanol–water partition coefficient (Wildman–Crippen LogP) is 2.22. The van der Waals surface area contributed by atoms with Crippen LogP contribution in [0.2, 0.25) is 0 Å². The Morgan fingerprint density at radius 2 is 2.00 bits per heavy atom. The first-order valence-electron chi connectivity index (χ1n) is 4.69. The maximum atomic E-state index is 12.8. The number of ether oxygens (including phenoxy) is 1. The first-order valence-corrected chi connectivity index (χ1v) is 4.69. The molecule has 0 aliphatic carbocycles. The van der Waals surface area contributed by atoms with Crippen molar-refractivity contribution < 1.29 is 22.7 Å². The van der Waals surface area contributed by atoms with E-state index in [9.17, 15) is 18.0 Å². The molecule has 0 N–H and O–H groups in total. The van der Waals surface area contributed by atoms with Crippen LogP contribution in [0.1, 0.15) is 15.9 Å². The third-order valence-corrected chi connectivity index (χ3v) is 2.58. The average Bonchev–Trinajstić information content (AvgIpc) is 2.27. The Morgan fingerprint density at radius 1 is 1.35 bits per heavy atom. The zero-order chi connectivity index (χ0) is 12.7. The van der Waals surface area contributed by atoms with Gasteiger partial charge in [0.1, 0.15) is 6.07 Å². The molecule has 1 aliphatic heterocycles. The average molecular weight is 241 g/mol. The van der Waals surface area contributed by atoms with Crippen LogP contribution in [0.25, 0.3) is 0 Å². The van der Waals surface area contributed by atoms with Gasteiger partial charge in [0.2, 0.25) is 0 Å². The van der Waals surface area contributed by atoms with E-state index >= 15 is 0 Å². The van der Waals surface area contributed by atoms with Crippen molar-refractivity contribution in [2.24, 2.45) is 0 Å². The summed E-state index contributed by atoms with van der Waals surface area (Å²) in [5, 5.41) is 8.67. The van der Waals surface area contributed by atoms with Crippen LogP contribution < -0.4 is 0 Å². The summed E-state index contributed by atoms with van der Waals surface area (Å²) in [6, 6.07) is 6.84. The molecule has 1 aromatic rings. The molecular weight excluding hydrogens is 235 g/mol. The summed E-state index contributed by atoms with van der Waals surface area (Å²) < 4.78 is 42.6. The lowest BCUT2D eigenvalue weighted by Crippen LogP contribution is -2.52. The molecule has 0 radical (unpaired) electrons. The summed E-state index contributed by atoms with van der Waals surface area (Å²) >= 11 is 0. The van der Waals surface area contributed by atoms with Crippen molar-refractivity contribution in [3.63, 3.8) is 0 Å². The topological polar surface area (TPSA) is 50.1 Å². The van der Waals surface area contributed by atoms with Crippen LogP contribution >= 0.6 is 0 Å². The normalized spacial score (nSPS) is 23.5. The number of alkyl halides is 3. The third kappa shape index (κ3) is 1.64. The van der Waals surface area contributed by atoms with Crippen molar-refractivity contribution in [3.8, 4) is 6.07 Å². The highest BCUT2D eigenvalue weighted by atomic mass is 19.4. The summed E-state index contributed by atoms with van der Waals surface area (Å²) in [7, 11) is 0. The minimum atomic E-state index is -4.91. The zero-order valence-corrected chi connectivity index (χ0v) is 8.41. The number of carbonyl (C=O) groups is 1. The Kier molecular flexibility index (Phi) is 2.35. The molecular formula is C11H6F3NO2. The van der Waals surface area contributed by atoms with Crippen LogP contribution in [-0.4, -0.2) is 17.7 Å². The van der Waals surface area contributed by atoms with E-state index in [1.54, 1.807) is 0 Å². The number of cyclic esters (lactones) is 1. The predicted molar refractivity (Wildman–Crippen MR) is 50.0 cm³/mol. The van der Waals surface area contributed by atoms with Crippen LogP contribution in [0, 0.1) is 11.3 Å². The van der Waals surface area contributed by atoms with Crippen LogP contribution in [0.4, 0.5) is 13.2 Å². The molecule has 1 atom stereocenters. The maximum Gasteiger partial charge on any atom is 0.442 e. The Labute approximate surface area is 94.4 Å². The SMILES string of the molecule is N#CC1(C(F)(F)F)Cc2ccccc2C(=O)O1. The number of nitriles is 1. The molecule has 17 heavy (non-hydrogen) atoms. The molecule has 0 aromatic heterocycles. The minimum absolute atomic E-state index is 0.0719. The number of rotatable bonds is 0. The lowest BCUT2D eigenvalue weighted by atomic mass is 9.89. The Balaban J connectivity index is 2.53. The van der Waals surface area contributed by atoms with Crippen LogP contribution in [0.15, 0.2) is 24.3 Å². The molecule has 1 heterocycles. The first kappa shape index (κ1) is 11.5. The van der Waals surface area contributed by atoms with Gasteiger partial charge in [-0.25, -0.2) is 4.79 Å². The molecule has 6 heteroatoms. The molecule has 1 unspecified atom stereocenters. The smallest absolute Gasteiger partial charge is 0.430 e. The molecule has 0 spiro atoms. The second kappa shape index (κ2) is 3.48. The van der Waals surface area contributed by atoms with Gasteiger partial charge in [-0.05, 0) is 11.6 Å². The number of carbonyl (C=O) groups excluding carboxylic acids is 1. The summed E-state index contributed by atoms with van der Waals surface area (Å²) in [5.74, 6) is -1.12. The zero-order valence-electron chi connectivity index (χ0n) is 8.41. The molecule has 0 fully saturated rings. The number of hydrogen-bond donors (Lipinski definition) is 0. The van der Waals surface area contributed by atoms with Gasteiger partial charge in [0.15, 0.2) is 0 Å². The Hall–Kier alpha value is -2.03. The van der Waals surface area contributed by atoms with E-state index in [1.807, 2.05) is 0 Å². The van der Waals surface area contributed by atoms with E-state index in [0.29, 0.717) is 0 Å². The maximum absolute atomic E-state index is 12.8. The summed E-state index contributed by atoms with van der Waals surface area (Å²) in [4.78, 5) is 11.4. The highest BCUT2D eigenvalue weighted by molar-refractivity contribution is 5.92. The van der Waals surface area contributed by atoms with Crippen molar-refractivity contribution in [2.75, 3.05) is 0 Å². The van der Waals surface area contributed by atoms with E-state index < -0.39 is 24.2 Å². The van der Waals surface area contributed by atoms with Crippen molar-refractivity contribution in [2.45, 2.75) is 18.2 Å². The number of nitrogens with zero attached hydrogens (tertiary/aromatic N) is 1. The molecule has 3 nitrogen and oxygen atoms in total. The van der Waals surface area contributed by atoms with Gasteiger partial charge >= 0.3 is 12.1 Å². The van der Waals surface area contributed by atoms with E-state index in [-0.39, 0.29) is 11.1 Å². The molecule has 0 saturated carbocycles. The van der Waals surface area contributed by atoms with Crippen molar-refractivity contribution in [1.82, 2.24) is 0 Å². The number of esters is 1. The van der Waals surface area contributed by atoms with Crippen LogP contribution in [-0.2, 0) is 11.2 Å². The van der Waals surface area contributed by atoms with Crippen molar-refractivity contribution >= 4 is 5.97 Å². The molecule has 0 amide bonds. The van der Waals surface area contributed by atoms with Gasteiger partial charge in [-0.3, -0.25) is 0 Å². The van der Waals surface area contributed by atoms with E-state index in [4.69, 9.17) is 5.26 Å². The van der Waals surface area contributed by atoms with Gasteiger partial charge in [-0.2, -0.15) is 18.4 Å².